The van der Waals surface area contributed by atoms with E-state index in [4.69, 9.17) is 36.5 Å². The number of halogens is 2. The second-order valence-electron chi connectivity index (χ2n) is 8.00. The van der Waals surface area contributed by atoms with Gasteiger partial charge in [-0.25, -0.2) is 0 Å². The summed E-state index contributed by atoms with van der Waals surface area (Å²) in [5, 5.41) is 0.322. The maximum Gasteiger partial charge on any atom is 0.339 e. The molecular weight excluding hydrogens is 501 g/mol. The minimum absolute atomic E-state index is 0.000106. The molecule has 180 valence electrons. The fraction of sp³-hybridized carbons (Fsp3) is 0.292. The van der Waals surface area contributed by atoms with Gasteiger partial charge in [-0.2, -0.15) is 8.42 Å². The summed E-state index contributed by atoms with van der Waals surface area (Å²) in [6, 6.07) is 12.4. The van der Waals surface area contributed by atoms with Crippen LogP contribution in [-0.2, 0) is 28.0 Å². The number of furan rings is 1. The van der Waals surface area contributed by atoms with E-state index in [9.17, 15) is 13.2 Å². The number of ether oxygens (including phenoxy) is 1. The summed E-state index contributed by atoms with van der Waals surface area (Å²) in [5.74, 6) is 0.943. The lowest BCUT2D eigenvalue weighted by Gasteiger charge is -2.31. The van der Waals surface area contributed by atoms with E-state index in [1.807, 2.05) is 6.07 Å². The number of nitrogens with zero attached hydrogens (tertiary/aromatic N) is 1. The van der Waals surface area contributed by atoms with Crippen LogP contribution in [-0.4, -0.2) is 26.3 Å². The fourth-order valence-corrected chi connectivity index (χ4v) is 4.94. The summed E-state index contributed by atoms with van der Waals surface area (Å²) >= 11 is 11.9. The summed E-state index contributed by atoms with van der Waals surface area (Å²) in [4.78, 5) is 14.6. The predicted molar refractivity (Wildman–Crippen MR) is 128 cm³/mol. The van der Waals surface area contributed by atoms with Crippen LogP contribution >= 0.6 is 23.2 Å². The van der Waals surface area contributed by atoms with Crippen LogP contribution in [0.15, 0.2) is 64.1 Å². The molecule has 0 spiro atoms. The number of hydrogen-bond acceptors (Lipinski definition) is 6. The molecule has 7 nitrogen and oxygen atoms in total. The molecule has 1 heterocycles. The number of benzene rings is 2. The highest BCUT2D eigenvalue weighted by Gasteiger charge is 2.30. The number of carbonyl (C=O) groups is 1. The molecule has 0 unspecified atom stereocenters. The number of rotatable bonds is 9. The van der Waals surface area contributed by atoms with Crippen molar-refractivity contribution in [3.05, 3.63) is 76.2 Å². The Labute approximate surface area is 208 Å². The van der Waals surface area contributed by atoms with Gasteiger partial charge in [0.25, 0.3) is 0 Å². The SMILES string of the molecule is COc1ccc(CN(Cc2ccco2)C(=O)C2CCC2)cc1OS(=O)(=O)c1ccc(Cl)c(Cl)c1. The quantitative estimate of drug-likeness (QED) is 0.334. The first-order valence-corrected chi connectivity index (χ1v) is 12.8. The second kappa shape index (κ2) is 10.3. The number of hydrogen-bond donors (Lipinski definition) is 0. The maximum absolute atomic E-state index is 13.0. The molecule has 0 saturated heterocycles. The average Bonchev–Trinajstić information content (AvgIpc) is 3.27. The fourth-order valence-electron chi connectivity index (χ4n) is 3.62. The minimum Gasteiger partial charge on any atom is -0.493 e. The Morgan fingerprint density at radius 2 is 1.85 bits per heavy atom. The van der Waals surface area contributed by atoms with Crippen LogP contribution in [0.25, 0.3) is 0 Å². The Balaban J connectivity index is 1.60. The van der Waals surface area contributed by atoms with Gasteiger partial charge in [-0.05, 0) is 60.9 Å². The number of carbonyl (C=O) groups excluding carboxylic acids is 1. The first kappa shape index (κ1) is 24.4. The van der Waals surface area contributed by atoms with E-state index in [1.165, 1.54) is 25.3 Å². The third-order valence-corrected chi connectivity index (χ3v) is 7.64. The molecule has 10 heteroatoms. The number of methoxy groups -OCH3 is 1. The van der Waals surface area contributed by atoms with E-state index in [1.54, 1.807) is 35.4 Å². The zero-order valence-electron chi connectivity index (χ0n) is 18.4. The van der Waals surface area contributed by atoms with Crippen molar-refractivity contribution in [3.63, 3.8) is 0 Å². The molecule has 0 atom stereocenters. The molecule has 4 rings (SSSR count). The molecule has 3 aromatic rings. The van der Waals surface area contributed by atoms with Gasteiger partial charge in [-0.3, -0.25) is 4.79 Å². The highest BCUT2D eigenvalue weighted by atomic mass is 35.5. The van der Waals surface area contributed by atoms with Gasteiger partial charge in [0.05, 0.1) is 30.0 Å². The summed E-state index contributed by atoms with van der Waals surface area (Å²) in [6.07, 6.45) is 4.34. The lowest BCUT2D eigenvalue weighted by Crippen LogP contribution is -2.38. The van der Waals surface area contributed by atoms with Gasteiger partial charge in [0, 0.05) is 12.5 Å². The van der Waals surface area contributed by atoms with Crippen molar-refractivity contribution in [1.82, 2.24) is 4.90 Å². The molecule has 1 amide bonds. The van der Waals surface area contributed by atoms with Gasteiger partial charge in [0.1, 0.15) is 10.7 Å². The highest BCUT2D eigenvalue weighted by molar-refractivity contribution is 7.87. The van der Waals surface area contributed by atoms with Crippen molar-refractivity contribution in [3.8, 4) is 11.5 Å². The van der Waals surface area contributed by atoms with E-state index in [0.29, 0.717) is 17.9 Å². The van der Waals surface area contributed by atoms with Crippen molar-refractivity contribution >= 4 is 39.2 Å². The molecule has 2 aromatic carbocycles. The molecule has 0 bridgehead atoms. The standard InChI is InChI=1S/C24H23Cl2NO6S/c1-31-22-10-7-16(12-23(22)33-34(29,30)19-8-9-20(25)21(26)13-19)14-27(15-18-6-3-11-32-18)24(28)17-4-2-5-17/h3,6-13,17H,2,4-5,14-15H2,1H3. The van der Waals surface area contributed by atoms with Gasteiger partial charge in [-0.15, -0.1) is 0 Å². The van der Waals surface area contributed by atoms with Crippen LogP contribution in [0.1, 0.15) is 30.6 Å². The van der Waals surface area contributed by atoms with Crippen molar-refractivity contribution in [2.45, 2.75) is 37.2 Å². The van der Waals surface area contributed by atoms with E-state index in [-0.39, 0.29) is 44.8 Å². The van der Waals surface area contributed by atoms with Crippen LogP contribution < -0.4 is 8.92 Å². The topological polar surface area (TPSA) is 86.0 Å². The van der Waals surface area contributed by atoms with Crippen molar-refractivity contribution in [1.29, 1.82) is 0 Å². The normalized spacial score (nSPS) is 13.9. The molecule has 1 aliphatic carbocycles. The largest absolute Gasteiger partial charge is 0.493 e. The Morgan fingerprint density at radius 1 is 1.06 bits per heavy atom. The van der Waals surface area contributed by atoms with Gasteiger partial charge in [0.2, 0.25) is 5.91 Å². The van der Waals surface area contributed by atoms with Crippen LogP contribution in [0, 0.1) is 5.92 Å². The minimum atomic E-state index is -4.21. The molecule has 0 N–H and O–H groups in total. The Hall–Kier alpha value is -2.68. The molecule has 1 fully saturated rings. The molecule has 34 heavy (non-hydrogen) atoms. The maximum atomic E-state index is 13.0. The first-order chi connectivity index (χ1) is 16.3. The van der Waals surface area contributed by atoms with Gasteiger partial charge in [-0.1, -0.05) is 35.7 Å². The van der Waals surface area contributed by atoms with Crippen molar-refractivity contribution < 1.29 is 26.5 Å². The van der Waals surface area contributed by atoms with Gasteiger partial charge < -0.3 is 18.2 Å². The first-order valence-electron chi connectivity index (χ1n) is 10.6. The third kappa shape index (κ3) is 5.51. The van der Waals surface area contributed by atoms with E-state index < -0.39 is 10.1 Å². The van der Waals surface area contributed by atoms with Crippen molar-refractivity contribution in [2.24, 2.45) is 5.92 Å². The van der Waals surface area contributed by atoms with E-state index in [2.05, 4.69) is 0 Å². The summed E-state index contributed by atoms with van der Waals surface area (Å²) in [7, 11) is -2.80. The molecule has 1 saturated carbocycles. The number of amides is 1. The Bertz CT molecular complexity index is 1270. The van der Waals surface area contributed by atoms with Crippen LogP contribution in [0.4, 0.5) is 0 Å². The lowest BCUT2D eigenvalue weighted by atomic mass is 9.84. The second-order valence-corrected chi connectivity index (χ2v) is 10.4. The highest BCUT2D eigenvalue weighted by Crippen LogP contribution is 2.34. The Kier molecular flexibility index (Phi) is 7.40. The van der Waals surface area contributed by atoms with E-state index in [0.717, 1.165) is 19.3 Å². The molecule has 0 aliphatic heterocycles. The average molecular weight is 524 g/mol. The van der Waals surface area contributed by atoms with Crippen LogP contribution in [0.5, 0.6) is 11.5 Å². The lowest BCUT2D eigenvalue weighted by molar-refractivity contribution is -0.139. The van der Waals surface area contributed by atoms with E-state index >= 15 is 0 Å². The smallest absolute Gasteiger partial charge is 0.339 e. The summed E-state index contributed by atoms with van der Waals surface area (Å²) in [6.45, 7) is 0.565. The van der Waals surface area contributed by atoms with Gasteiger partial charge in [0.15, 0.2) is 11.5 Å². The van der Waals surface area contributed by atoms with Crippen LogP contribution in [0.3, 0.4) is 0 Å². The predicted octanol–water partition coefficient (Wildman–Crippen LogP) is 5.69. The summed E-state index contributed by atoms with van der Waals surface area (Å²) < 4.78 is 41.9. The Morgan fingerprint density at radius 3 is 2.47 bits per heavy atom. The van der Waals surface area contributed by atoms with Gasteiger partial charge >= 0.3 is 10.1 Å². The zero-order valence-corrected chi connectivity index (χ0v) is 20.7. The van der Waals surface area contributed by atoms with Crippen LogP contribution in [0.2, 0.25) is 10.0 Å². The molecule has 1 aliphatic rings. The third-order valence-electron chi connectivity index (χ3n) is 5.67. The molecule has 1 aromatic heterocycles. The zero-order chi connectivity index (χ0) is 24.3. The van der Waals surface area contributed by atoms with Crippen molar-refractivity contribution in [2.75, 3.05) is 7.11 Å². The summed E-state index contributed by atoms with van der Waals surface area (Å²) in [5.41, 5.74) is 0.680. The monoisotopic (exact) mass is 523 g/mol. The molecular formula is C24H23Cl2NO6S. The molecule has 0 radical (unpaired) electrons.